The van der Waals surface area contributed by atoms with Crippen LogP contribution in [0, 0.1) is 0 Å². The first-order valence-electron chi connectivity index (χ1n) is 9.71. The van der Waals surface area contributed by atoms with Gasteiger partial charge in [-0.05, 0) is 20.9 Å². The SMILES string of the molecule is CC1=NN(CCN2CCN(C)CC2)c2nc3c(c(=O)n(C)c(=O)n3C)n2[C@H]1C. The molecule has 1 fully saturated rings. The summed E-state index contributed by atoms with van der Waals surface area (Å²) < 4.78 is 4.49. The molecule has 0 aliphatic carbocycles. The Labute approximate surface area is 163 Å². The standard InChI is InChI=1S/C18H28N8O2/c1-12-13(2)26-14-15(22(4)18(28)23(5)16(14)27)19-17(26)25(20-12)11-10-24-8-6-21(3)7-9-24/h13H,6-11H2,1-5H3/t13-/m0/s1. The molecule has 152 valence electrons. The normalized spacial score (nSPS) is 21.2. The first-order valence-corrected chi connectivity index (χ1v) is 9.71. The van der Waals surface area contributed by atoms with E-state index in [2.05, 4.69) is 21.8 Å². The molecule has 1 atom stereocenters. The molecule has 0 bridgehead atoms. The molecule has 28 heavy (non-hydrogen) atoms. The lowest BCUT2D eigenvalue weighted by molar-refractivity contribution is 0.156. The summed E-state index contributed by atoms with van der Waals surface area (Å²) in [6.07, 6.45) is 0. The second-order valence-corrected chi connectivity index (χ2v) is 7.85. The second kappa shape index (κ2) is 6.85. The summed E-state index contributed by atoms with van der Waals surface area (Å²) in [6, 6.07) is -0.0925. The Hall–Kier alpha value is -2.46. The zero-order valence-corrected chi connectivity index (χ0v) is 17.2. The number of fused-ring (bicyclic) bond motifs is 3. The third-order valence-corrected chi connectivity index (χ3v) is 6.00. The van der Waals surface area contributed by atoms with Crippen molar-refractivity contribution in [3.8, 4) is 0 Å². The average molecular weight is 388 g/mol. The molecule has 0 radical (unpaired) electrons. The summed E-state index contributed by atoms with van der Waals surface area (Å²) in [5, 5.41) is 6.61. The largest absolute Gasteiger partial charge is 0.332 e. The second-order valence-electron chi connectivity index (χ2n) is 7.85. The van der Waals surface area contributed by atoms with Gasteiger partial charge >= 0.3 is 5.69 Å². The molecular weight excluding hydrogens is 360 g/mol. The Balaban J connectivity index is 1.74. The van der Waals surface area contributed by atoms with Crippen molar-refractivity contribution >= 4 is 22.8 Å². The molecule has 2 aromatic heterocycles. The third-order valence-electron chi connectivity index (χ3n) is 6.00. The highest BCUT2D eigenvalue weighted by atomic mass is 16.2. The van der Waals surface area contributed by atoms with Gasteiger partial charge in [0.15, 0.2) is 11.2 Å². The van der Waals surface area contributed by atoms with Gasteiger partial charge in [-0.3, -0.25) is 23.4 Å². The number of hydrogen-bond acceptors (Lipinski definition) is 7. The molecule has 0 N–H and O–H groups in total. The molecule has 2 aliphatic heterocycles. The fraction of sp³-hybridized carbons (Fsp3) is 0.667. The van der Waals surface area contributed by atoms with Crippen LogP contribution in [0.2, 0.25) is 0 Å². The minimum Gasteiger partial charge on any atom is -0.304 e. The minimum atomic E-state index is -0.373. The van der Waals surface area contributed by atoms with Gasteiger partial charge in [-0.25, -0.2) is 9.80 Å². The van der Waals surface area contributed by atoms with Gasteiger partial charge in [0.2, 0.25) is 5.95 Å². The summed E-state index contributed by atoms with van der Waals surface area (Å²) in [6.45, 7) is 9.74. The maximum absolute atomic E-state index is 12.8. The first kappa shape index (κ1) is 18.9. The molecule has 10 nitrogen and oxygen atoms in total. The molecule has 2 aliphatic rings. The van der Waals surface area contributed by atoms with E-state index in [1.807, 2.05) is 23.4 Å². The molecule has 4 heterocycles. The lowest BCUT2D eigenvalue weighted by atomic mass is 10.2. The van der Waals surface area contributed by atoms with Gasteiger partial charge in [-0.15, -0.1) is 0 Å². The molecule has 0 spiro atoms. The topological polar surface area (TPSA) is 83.9 Å². The molecule has 10 heteroatoms. The highest BCUT2D eigenvalue weighted by molar-refractivity contribution is 5.91. The van der Waals surface area contributed by atoms with E-state index in [4.69, 9.17) is 5.10 Å². The first-order chi connectivity index (χ1) is 13.3. The van der Waals surface area contributed by atoms with E-state index in [1.165, 1.54) is 11.6 Å². The zero-order valence-electron chi connectivity index (χ0n) is 17.2. The smallest absolute Gasteiger partial charge is 0.304 e. The van der Waals surface area contributed by atoms with E-state index in [9.17, 15) is 9.59 Å². The van der Waals surface area contributed by atoms with Crippen LogP contribution in [0.5, 0.6) is 0 Å². The Morgan fingerprint density at radius 1 is 1.00 bits per heavy atom. The lowest BCUT2D eigenvalue weighted by Crippen LogP contribution is -2.47. The van der Waals surface area contributed by atoms with Gasteiger partial charge in [-0.2, -0.15) is 10.1 Å². The molecule has 2 aromatic rings. The summed E-state index contributed by atoms with van der Waals surface area (Å²) in [4.78, 5) is 34.6. The summed E-state index contributed by atoms with van der Waals surface area (Å²) in [7, 11) is 5.30. The molecule has 4 rings (SSSR count). The highest BCUT2D eigenvalue weighted by Gasteiger charge is 2.30. The van der Waals surface area contributed by atoms with Crippen LogP contribution in [0.4, 0.5) is 5.95 Å². The van der Waals surface area contributed by atoms with E-state index in [1.54, 1.807) is 7.05 Å². The predicted molar refractivity (Wildman–Crippen MR) is 109 cm³/mol. The molecule has 0 aromatic carbocycles. The lowest BCUT2D eigenvalue weighted by Gasteiger charge is -2.34. The van der Waals surface area contributed by atoms with Gasteiger partial charge in [0, 0.05) is 46.8 Å². The van der Waals surface area contributed by atoms with Crippen LogP contribution in [0.25, 0.3) is 11.2 Å². The number of hydrazone groups is 1. The van der Waals surface area contributed by atoms with Gasteiger partial charge in [-0.1, -0.05) is 0 Å². The molecule has 0 amide bonds. The predicted octanol–water partition coefficient (Wildman–Crippen LogP) is -0.562. The number of hydrogen-bond donors (Lipinski definition) is 0. The van der Waals surface area contributed by atoms with Crippen LogP contribution < -0.4 is 16.3 Å². The number of imidazole rings is 1. The fourth-order valence-corrected chi connectivity index (χ4v) is 3.92. The van der Waals surface area contributed by atoms with Crippen molar-refractivity contribution in [3.63, 3.8) is 0 Å². The monoisotopic (exact) mass is 388 g/mol. The van der Waals surface area contributed by atoms with Crippen LogP contribution in [0.1, 0.15) is 19.9 Å². The van der Waals surface area contributed by atoms with Crippen molar-refractivity contribution in [1.82, 2.24) is 28.5 Å². The summed E-state index contributed by atoms with van der Waals surface area (Å²) in [5.74, 6) is 0.625. The van der Waals surface area contributed by atoms with Crippen molar-refractivity contribution in [2.75, 3.05) is 51.3 Å². The van der Waals surface area contributed by atoms with Crippen LogP contribution in [0.3, 0.4) is 0 Å². The van der Waals surface area contributed by atoms with Crippen LogP contribution in [0.15, 0.2) is 14.7 Å². The molecule has 0 saturated carbocycles. The van der Waals surface area contributed by atoms with E-state index < -0.39 is 0 Å². The maximum Gasteiger partial charge on any atom is 0.332 e. The van der Waals surface area contributed by atoms with Crippen molar-refractivity contribution in [2.45, 2.75) is 19.9 Å². The summed E-state index contributed by atoms with van der Waals surface area (Å²) in [5.41, 5.74) is 1.08. The van der Waals surface area contributed by atoms with Crippen molar-refractivity contribution in [1.29, 1.82) is 0 Å². The Morgan fingerprint density at radius 3 is 2.36 bits per heavy atom. The van der Waals surface area contributed by atoms with Gasteiger partial charge in [0.25, 0.3) is 5.56 Å². The van der Waals surface area contributed by atoms with Gasteiger partial charge in [0.05, 0.1) is 18.3 Å². The van der Waals surface area contributed by atoms with Crippen molar-refractivity contribution in [3.05, 3.63) is 20.8 Å². The van der Waals surface area contributed by atoms with E-state index >= 15 is 0 Å². The van der Waals surface area contributed by atoms with E-state index in [0.717, 1.165) is 43.0 Å². The van der Waals surface area contributed by atoms with Crippen LogP contribution in [-0.4, -0.2) is 80.5 Å². The third kappa shape index (κ3) is 2.87. The van der Waals surface area contributed by atoms with E-state index in [-0.39, 0.29) is 17.3 Å². The Bertz CT molecular complexity index is 1050. The Kier molecular flexibility index (Phi) is 4.62. The molecule has 0 unspecified atom stereocenters. The summed E-state index contributed by atoms with van der Waals surface area (Å²) >= 11 is 0. The number of piperazine rings is 1. The quantitative estimate of drug-likeness (QED) is 0.701. The number of aryl methyl sites for hydroxylation is 1. The van der Waals surface area contributed by atoms with E-state index in [0.29, 0.717) is 23.7 Å². The van der Waals surface area contributed by atoms with Crippen LogP contribution in [-0.2, 0) is 14.1 Å². The van der Waals surface area contributed by atoms with Gasteiger partial charge in [0.1, 0.15) is 0 Å². The van der Waals surface area contributed by atoms with Crippen molar-refractivity contribution < 1.29 is 0 Å². The molecule has 1 saturated heterocycles. The average Bonchev–Trinajstić information content (AvgIpc) is 3.09. The Morgan fingerprint density at radius 2 is 1.68 bits per heavy atom. The number of nitrogens with zero attached hydrogens (tertiary/aromatic N) is 8. The fourth-order valence-electron chi connectivity index (χ4n) is 3.92. The maximum atomic E-state index is 12.8. The zero-order chi connectivity index (χ0) is 20.2. The number of rotatable bonds is 3. The number of aromatic nitrogens is 4. The highest BCUT2D eigenvalue weighted by Crippen LogP contribution is 2.29. The van der Waals surface area contributed by atoms with Crippen molar-refractivity contribution in [2.24, 2.45) is 19.2 Å². The minimum absolute atomic E-state index is 0.0925. The number of likely N-dealkylation sites (N-methyl/N-ethyl adjacent to an activating group) is 1. The van der Waals surface area contributed by atoms with Gasteiger partial charge < -0.3 is 4.90 Å². The molecular formula is C18H28N8O2. The van der Waals surface area contributed by atoms with Crippen LogP contribution >= 0.6 is 0 Å². The number of anilines is 1.